The molecule has 2 aromatic rings. The lowest BCUT2D eigenvalue weighted by atomic mass is 9.67. The van der Waals surface area contributed by atoms with Crippen molar-refractivity contribution in [1.82, 2.24) is 10.3 Å². The van der Waals surface area contributed by atoms with Gasteiger partial charge in [0.05, 0.1) is 5.52 Å². The number of hydrogen-bond acceptors (Lipinski definition) is 3. The lowest BCUT2D eigenvalue weighted by molar-refractivity contribution is -0.123. The van der Waals surface area contributed by atoms with E-state index in [1.165, 1.54) is 24.8 Å². The standard InChI is InChI=1S/C21H27N3O/c22-17-12-15-4-3-5-16(13-17)21(15)24-20(25)9-8-14-10-11-23-19-7-2-1-6-18(14)19/h1-2,6-7,10-11,15-17,21H,3-5,8-9,12-13,22H2,(H,24,25). The molecule has 2 bridgehead atoms. The molecule has 1 heterocycles. The quantitative estimate of drug-likeness (QED) is 0.900. The molecule has 2 unspecified atom stereocenters. The normalized spacial score (nSPS) is 28.7. The number of rotatable bonds is 4. The Kier molecular flexibility index (Phi) is 4.71. The summed E-state index contributed by atoms with van der Waals surface area (Å²) in [6.45, 7) is 0. The van der Waals surface area contributed by atoms with Gasteiger partial charge in [-0.15, -0.1) is 0 Å². The van der Waals surface area contributed by atoms with Gasteiger partial charge in [-0.2, -0.15) is 0 Å². The number of fused-ring (bicyclic) bond motifs is 3. The monoisotopic (exact) mass is 337 g/mol. The van der Waals surface area contributed by atoms with Crippen molar-refractivity contribution in [3.05, 3.63) is 42.1 Å². The van der Waals surface area contributed by atoms with Crippen molar-refractivity contribution in [3.8, 4) is 0 Å². The fourth-order valence-electron chi connectivity index (χ4n) is 4.90. The van der Waals surface area contributed by atoms with E-state index in [-0.39, 0.29) is 5.91 Å². The lowest BCUT2D eigenvalue weighted by Gasteiger charge is -2.45. The van der Waals surface area contributed by atoms with Gasteiger partial charge in [0.1, 0.15) is 0 Å². The molecule has 4 nitrogen and oxygen atoms in total. The van der Waals surface area contributed by atoms with E-state index in [9.17, 15) is 4.79 Å². The number of hydrogen-bond donors (Lipinski definition) is 2. The number of aryl methyl sites for hydroxylation is 1. The first-order chi connectivity index (χ1) is 12.2. The average molecular weight is 337 g/mol. The summed E-state index contributed by atoms with van der Waals surface area (Å²) in [7, 11) is 0. The summed E-state index contributed by atoms with van der Waals surface area (Å²) < 4.78 is 0. The van der Waals surface area contributed by atoms with E-state index in [1.54, 1.807) is 0 Å². The predicted molar refractivity (Wildman–Crippen MR) is 100 cm³/mol. The first-order valence-electron chi connectivity index (χ1n) is 9.58. The zero-order valence-electron chi connectivity index (χ0n) is 14.7. The molecule has 4 heteroatoms. The van der Waals surface area contributed by atoms with Crippen LogP contribution in [0.3, 0.4) is 0 Å². The van der Waals surface area contributed by atoms with Gasteiger partial charge in [-0.05, 0) is 61.6 Å². The highest BCUT2D eigenvalue weighted by Crippen LogP contribution is 2.39. The van der Waals surface area contributed by atoms with Crippen molar-refractivity contribution in [2.24, 2.45) is 17.6 Å². The van der Waals surface area contributed by atoms with E-state index in [1.807, 2.05) is 30.5 Å². The first-order valence-corrected chi connectivity index (χ1v) is 9.58. The Labute approximate surface area is 149 Å². The lowest BCUT2D eigenvalue weighted by Crippen LogP contribution is -2.53. The molecule has 2 aliphatic rings. The minimum Gasteiger partial charge on any atom is -0.353 e. The summed E-state index contributed by atoms with van der Waals surface area (Å²) >= 11 is 0. The molecular weight excluding hydrogens is 310 g/mol. The maximum Gasteiger partial charge on any atom is 0.220 e. The molecular formula is C21H27N3O. The third kappa shape index (κ3) is 3.54. The fourth-order valence-corrected chi connectivity index (χ4v) is 4.90. The molecule has 0 radical (unpaired) electrons. The van der Waals surface area contributed by atoms with Crippen LogP contribution in [0, 0.1) is 11.8 Å². The Balaban J connectivity index is 1.39. The Morgan fingerprint density at radius 3 is 2.72 bits per heavy atom. The molecule has 0 aliphatic heterocycles. The molecule has 132 valence electrons. The van der Waals surface area contributed by atoms with Crippen LogP contribution in [0.2, 0.25) is 0 Å². The zero-order valence-corrected chi connectivity index (χ0v) is 14.7. The maximum absolute atomic E-state index is 12.6. The number of pyridine rings is 1. The second kappa shape index (κ2) is 7.12. The van der Waals surface area contributed by atoms with Crippen molar-refractivity contribution >= 4 is 16.8 Å². The second-order valence-electron chi connectivity index (χ2n) is 7.76. The maximum atomic E-state index is 12.6. The summed E-state index contributed by atoms with van der Waals surface area (Å²) in [5.74, 6) is 1.33. The first kappa shape index (κ1) is 16.5. The van der Waals surface area contributed by atoms with Gasteiger partial charge in [0.2, 0.25) is 5.91 Å². The van der Waals surface area contributed by atoms with Gasteiger partial charge < -0.3 is 11.1 Å². The Bertz CT molecular complexity index is 740. The number of nitrogens with zero attached hydrogens (tertiary/aromatic N) is 1. The molecule has 3 N–H and O–H groups in total. The number of carbonyl (C=O) groups is 1. The number of aromatic nitrogens is 1. The van der Waals surface area contributed by atoms with Gasteiger partial charge in [0, 0.05) is 30.1 Å². The summed E-state index contributed by atoms with van der Waals surface area (Å²) in [4.78, 5) is 17.0. The number of benzene rings is 1. The van der Waals surface area contributed by atoms with Crippen LogP contribution in [-0.2, 0) is 11.2 Å². The average Bonchev–Trinajstić information content (AvgIpc) is 2.61. The fraction of sp³-hybridized carbons (Fsp3) is 0.524. The van der Waals surface area contributed by atoms with Crippen molar-refractivity contribution < 1.29 is 4.79 Å². The second-order valence-corrected chi connectivity index (χ2v) is 7.76. The molecule has 2 saturated carbocycles. The van der Waals surface area contributed by atoms with Gasteiger partial charge in [-0.25, -0.2) is 0 Å². The largest absolute Gasteiger partial charge is 0.353 e. The van der Waals surface area contributed by atoms with Crippen LogP contribution in [0.25, 0.3) is 10.9 Å². The molecule has 2 atom stereocenters. The van der Waals surface area contributed by atoms with Crippen molar-refractivity contribution in [2.75, 3.05) is 0 Å². The highest BCUT2D eigenvalue weighted by Gasteiger charge is 2.39. The summed E-state index contributed by atoms with van der Waals surface area (Å²) in [6.07, 6.45) is 8.98. The number of amides is 1. The van der Waals surface area contributed by atoms with Gasteiger partial charge >= 0.3 is 0 Å². The minimum atomic E-state index is 0.179. The number of nitrogens with one attached hydrogen (secondary N) is 1. The molecule has 4 rings (SSSR count). The van der Waals surface area contributed by atoms with Crippen LogP contribution < -0.4 is 11.1 Å². The van der Waals surface area contributed by atoms with Crippen molar-refractivity contribution in [3.63, 3.8) is 0 Å². The SMILES string of the molecule is NC1CC2CCCC(C1)C2NC(=O)CCc1ccnc2ccccc12. The number of nitrogens with two attached hydrogens (primary N) is 1. The Morgan fingerprint density at radius 2 is 1.92 bits per heavy atom. The molecule has 25 heavy (non-hydrogen) atoms. The molecule has 1 amide bonds. The highest BCUT2D eigenvalue weighted by molar-refractivity contribution is 5.83. The molecule has 1 aromatic carbocycles. The van der Waals surface area contributed by atoms with Crippen LogP contribution >= 0.6 is 0 Å². The van der Waals surface area contributed by atoms with Crippen molar-refractivity contribution in [1.29, 1.82) is 0 Å². The van der Waals surface area contributed by atoms with Gasteiger partial charge in [-0.1, -0.05) is 24.6 Å². The molecule has 0 spiro atoms. The number of para-hydroxylation sites is 1. The molecule has 2 fully saturated rings. The van der Waals surface area contributed by atoms with E-state index >= 15 is 0 Å². The molecule has 2 aliphatic carbocycles. The summed E-state index contributed by atoms with van der Waals surface area (Å²) in [6, 6.07) is 10.8. The topological polar surface area (TPSA) is 68.0 Å². The van der Waals surface area contributed by atoms with Gasteiger partial charge in [0.25, 0.3) is 0 Å². The van der Waals surface area contributed by atoms with Crippen LogP contribution in [0.15, 0.2) is 36.5 Å². The van der Waals surface area contributed by atoms with Gasteiger partial charge in [-0.3, -0.25) is 9.78 Å². The van der Waals surface area contributed by atoms with E-state index in [0.717, 1.165) is 30.2 Å². The number of carbonyl (C=O) groups excluding carboxylic acids is 1. The van der Waals surface area contributed by atoms with Crippen LogP contribution in [0.4, 0.5) is 0 Å². The smallest absolute Gasteiger partial charge is 0.220 e. The highest BCUT2D eigenvalue weighted by atomic mass is 16.1. The van der Waals surface area contributed by atoms with E-state index in [4.69, 9.17) is 5.73 Å². The Morgan fingerprint density at radius 1 is 1.16 bits per heavy atom. The minimum absolute atomic E-state index is 0.179. The van der Waals surface area contributed by atoms with E-state index < -0.39 is 0 Å². The van der Waals surface area contributed by atoms with Gasteiger partial charge in [0.15, 0.2) is 0 Å². The van der Waals surface area contributed by atoms with Crippen LogP contribution in [0.5, 0.6) is 0 Å². The summed E-state index contributed by atoms with van der Waals surface area (Å²) in [5, 5.41) is 4.50. The third-order valence-corrected chi connectivity index (χ3v) is 6.06. The zero-order chi connectivity index (χ0) is 17.2. The van der Waals surface area contributed by atoms with E-state index in [0.29, 0.717) is 30.3 Å². The third-order valence-electron chi connectivity index (χ3n) is 6.06. The van der Waals surface area contributed by atoms with Crippen molar-refractivity contribution in [2.45, 2.75) is 57.0 Å². The van der Waals surface area contributed by atoms with Crippen LogP contribution in [-0.4, -0.2) is 23.0 Å². The molecule has 1 aromatic heterocycles. The predicted octanol–water partition coefficient (Wildman–Crippen LogP) is 3.19. The van der Waals surface area contributed by atoms with E-state index in [2.05, 4.69) is 16.4 Å². The molecule has 0 saturated heterocycles. The Hall–Kier alpha value is -1.94. The van der Waals surface area contributed by atoms with Crippen LogP contribution in [0.1, 0.15) is 44.1 Å². The summed E-state index contributed by atoms with van der Waals surface area (Å²) in [5.41, 5.74) is 8.38.